The zero-order valence-electron chi connectivity index (χ0n) is 16.0. The van der Waals surface area contributed by atoms with E-state index in [2.05, 4.69) is 51.2 Å². The van der Waals surface area contributed by atoms with E-state index < -0.39 is 0 Å². The van der Waals surface area contributed by atoms with E-state index in [0.717, 1.165) is 17.0 Å². The number of hydrogen-bond donors (Lipinski definition) is 0. The maximum atomic E-state index is 12.5. The molecule has 0 aliphatic carbocycles. The number of carbonyl (C=O) groups excluding carboxylic acids is 1. The van der Waals surface area contributed by atoms with Gasteiger partial charge in [-0.05, 0) is 32.4 Å². The van der Waals surface area contributed by atoms with Crippen LogP contribution in [-0.4, -0.2) is 30.1 Å². The summed E-state index contributed by atoms with van der Waals surface area (Å²) in [7, 11) is 0. The van der Waals surface area contributed by atoms with E-state index in [0.29, 0.717) is 22.9 Å². The summed E-state index contributed by atoms with van der Waals surface area (Å²) < 4.78 is 3.62. The van der Waals surface area contributed by atoms with Crippen LogP contribution < -0.4 is 4.80 Å². The van der Waals surface area contributed by atoms with Crippen molar-refractivity contribution in [2.45, 2.75) is 33.7 Å². The van der Waals surface area contributed by atoms with Crippen LogP contribution in [-0.2, 0) is 17.8 Å². The highest BCUT2D eigenvalue weighted by atomic mass is 32.1. The van der Waals surface area contributed by atoms with Gasteiger partial charge in [0, 0.05) is 29.5 Å². The molecule has 3 heterocycles. The Morgan fingerprint density at radius 2 is 1.93 bits per heavy atom. The summed E-state index contributed by atoms with van der Waals surface area (Å²) in [6, 6.07) is 10.3. The molecular formula is C20H20N6OS. The minimum atomic E-state index is -0.273. The number of nitrogens with zero attached hydrogens (tertiary/aromatic N) is 6. The highest BCUT2D eigenvalue weighted by Gasteiger charge is 2.11. The van der Waals surface area contributed by atoms with Crippen LogP contribution in [0.1, 0.15) is 28.3 Å². The second-order valence-corrected chi connectivity index (χ2v) is 7.63. The summed E-state index contributed by atoms with van der Waals surface area (Å²) in [5.74, 6) is 0.660. The topological polar surface area (TPSA) is 77.4 Å². The van der Waals surface area contributed by atoms with Gasteiger partial charge in [-0.15, -0.1) is 16.4 Å². The van der Waals surface area contributed by atoms with Crippen molar-refractivity contribution in [3.8, 4) is 0 Å². The SMILES string of the molecule is Cc1ccc(Cn2ccsc2=NC(=O)Cc2nc3nc(C)cc(C)n3n2)cc1. The van der Waals surface area contributed by atoms with Gasteiger partial charge >= 0.3 is 0 Å². The van der Waals surface area contributed by atoms with E-state index in [1.165, 1.54) is 16.9 Å². The zero-order valence-corrected chi connectivity index (χ0v) is 16.8. The molecule has 1 aromatic carbocycles. The Kier molecular flexibility index (Phi) is 4.87. The molecule has 0 fully saturated rings. The summed E-state index contributed by atoms with van der Waals surface area (Å²) >= 11 is 1.44. The Balaban J connectivity index is 1.55. The van der Waals surface area contributed by atoms with Gasteiger partial charge in [0.25, 0.3) is 11.7 Å². The standard InChI is InChI=1S/C20H20N6OS/c1-13-4-6-16(7-5-13)12-25-8-9-28-20(25)23-18(27)11-17-22-19-21-14(2)10-15(3)26(19)24-17/h4-10H,11-12H2,1-3H3. The van der Waals surface area contributed by atoms with Crippen LogP contribution in [0.25, 0.3) is 5.78 Å². The molecule has 4 rings (SSSR count). The van der Waals surface area contributed by atoms with Gasteiger partial charge in [-0.2, -0.15) is 9.98 Å². The van der Waals surface area contributed by atoms with Crippen LogP contribution >= 0.6 is 11.3 Å². The number of fused-ring (bicyclic) bond motifs is 1. The molecule has 1 amide bonds. The molecule has 0 saturated heterocycles. The van der Waals surface area contributed by atoms with E-state index in [1.807, 2.05) is 36.1 Å². The van der Waals surface area contributed by atoms with Crippen molar-refractivity contribution in [3.63, 3.8) is 0 Å². The maximum absolute atomic E-state index is 12.5. The van der Waals surface area contributed by atoms with E-state index in [4.69, 9.17) is 0 Å². The van der Waals surface area contributed by atoms with Crippen LogP contribution in [0, 0.1) is 20.8 Å². The molecule has 0 aliphatic heterocycles. The molecule has 8 heteroatoms. The molecule has 0 aliphatic rings. The summed E-state index contributed by atoms with van der Waals surface area (Å²) in [6.45, 7) is 6.58. The first kappa shape index (κ1) is 18.2. The number of amides is 1. The first-order valence-electron chi connectivity index (χ1n) is 8.95. The molecule has 7 nitrogen and oxygen atoms in total. The summed E-state index contributed by atoms with van der Waals surface area (Å²) in [5, 5.41) is 6.31. The highest BCUT2D eigenvalue weighted by Crippen LogP contribution is 2.07. The van der Waals surface area contributed by atoms with Crippen LogP contribution in [0.15, 0.2) is 46.9 Å². The van der Waals surface area contributed by atoms with E-state index in [-0.39, 0.29) is 12.3 Å². The Morgan fingerprint density at radius 1 is 1.14 bits per heavy atom. The Bertz CT molecular complexity index is 1220. The third-order valence-electron chi connectivity index (χ3n) is 4.33. The quantitative estimate of drug-likeness (QED) is 0.535. The van der Waals surface area contributed by atoms with Crippen molar-refractivity contribution < 1.29 is 4.79 Å². The fraction of sp³-hybridized carbons (Fsp3) is 0.250. The molecule has 0 unspecified atom stereocenters. The smallest absolute Gasteiger partial charge is 0.256 e. The third-order valence-corrected chi connectivity index (χ3v) is 5.12. The lowest BCUT2D eigenvalue weighted by molar-refractivity contribution is -0.117. The number of carbonyl (C=O) groups is 1. The van der Waals surface area contributed by atoms with Crippen LogP contribution in [0.5, 0.6) is 0 Å². The van der Waals surface area contributed by atoms with Crippen molar-refractivity contribution >= 4 is 23.0 Å². The second-order valence-electron chi connectivity index (χ2n) is 6.76. The summed E-state index contributed by atoms with van der Waals surface area (Å²) in [6.07, 6.45) is 1.99. The van der Waals surface area contributed by atoms with E-state index >= 15 is 0 Å². The van der Waals surface area contributed by atoms with E-state index in [9.17, 15) is 4.79 Å². The molecule has 0 bridgehead atoms. The summed E-state index contributed by atoms with van der Waals surface area (Å²) in [5.41, 5.74) is 4.19. The summed E-state index contributed by atoms with van der Waals surface area (Å²) in [4.78, 5) is 26.1. The molecule has 0 saturated carbocycles. The predicted molar refractivity (Wildman–Crippen MR) is 107 cm³/mol. The van der Waals surface area contributed by atoms with Crippen LogP contribution in [0.2, 0.25) is 0 Å². The third kappa shape index (κ3) is 3.91. The molecule has 4 aromatic rings. The average Bonchev–Trinajstić information content (AvgIpc) is 3.23. The van der Waals surface area contributed by atoms with Gasteiger partial charge in [-0.3, -0.25) is 4.79 Å². The van der Waals surface area contributed by atoms with Crippen molar-refractivity contribution in [2.75, 3.05) is 0 Å². The number of hydrogen-bond acceptors (Lipinski definition) is 5. The minimum absolute atomic E-state index is 0.0459. The first-order valence-corrected chi connectivity index (χ1v) is 9.83. The van der Waals surface area contributed by atoms with Crippen molar-refractivity contribution in [3.05, 3.63) is 75.0 Å². The van der Waals surface area contributed by atoms with Gasteiger partial charge in [-0.1, -0.05) is 29.8 Å². The lowest BCUT2D eigenvalue weighted by Gasteiger charge is -2.03. The molecule has 3 aromatic heterocycles. The minimum Gasteiger partial charge on any atom is -0.319 e. The van der Waals surface area contributed by atoms with Gasteiger partial charge in [0.2, 0.25) is 0 Å². The molecule has 0 atom stereocenters. The normalized spacial score (nSPS) is 12.0. The van der Waals surface area contributed by atoms with Gasteiger partial charge < -0.3 is 4.57 Å². The van der Waals surface area contributed by atoms with Gasteiger partial charge in [0.05, 0.1) is 6.42 Å². The number of aromatic nitrogens is 5. The molecule has 0 N–H and O–H groups in total. The second kappa shape index (κ2) is 7.47. The lowest BCUT2D eigenvalue weighted by atomic mass is 10.1. The van der Waals surface area contributed by atoms with Crippen molar-refractivity contribution in [2.24, 2.45) is 4.99 Å². The molecule has 28 heavy (non-hydrogen) atoms. The fourth-order valence-electron chi connectivity index (χ4n) is 2.96. The number of benzene rings is 1. The van der Waals surface area contributed by atoms with Crippen molar-refractivity contribution in [1.29, 1.82) is 0 Å². The number of rotatable bonds is 4. The van der Waals surface area contributed by atoms with E-state index in [1.54, 1.807) is 4.52 Å². The van der Waals surface area contributed by atoms with Gasteiger partial charge in [-0.25, -0.2) is 9.50 Å². The highest BCUT2D eigenvalue weighted by molar-refractivity contribution is 7.07. The number of aryl methyl sites for hydroxylation is 3. The Hall–Kier alpha value is -3.13. The Labute approximate surface area is 166 Å². The van der Waals surface area contributed by atoms with Crippen molar-refractivity contribution in [1.82, 2.24) is 24.1 Å². The molecule has 142 valence electrons. The zero-order chi connectivity index (χ0) is 19.7. The molecule has 0 spiro atoms. The largest absolute Gasteiger partial charge is 0.319 e. The molecule has 0 radical (unpaired) electrons. The first-order chi connectivity index (χ1) is 13.5. The average molecular weight is 392 g/mol. The Morgan fingerprint density at radius 3 is 2.71 bits per heavy atom. The van der Waals surface area contributed by atoms with Gasteiger partial charge in [0.1, 0.15) is 0 Å². The fourth-order valence-corrected chi connectivity index (χ4v) is 3.71. The van der Waals surface area contributed by atoms with Gasteiger partial charge in [0.15, 0.2) is 10.6 Å². The monoisotopic (exact) mass is 392 g/mol. The predicted octanol–water partition coefficient (Wildman–Crippen LogP) is 2.63. The van der Waals surface area contributed by atoms with Crippen LogP contribution in [0.4, 0.5) is 0 Å². The van der Waals surface area contributed by atoms with Crippen LogP contribution in [0.3, 0.4) is 0 Å². The number of thiazole rings is 1. The lowest BCUT2D eigenvalue weighted by Crippen LogP contribution is -2.17. The molecular weight excluding hydrogens is 372 g/mol. The maximum Gasteiger partial charge on any atom is 0.256 e.